The maximum Gasteiger partial charge on any atom is 0.223 e. The first-order chi connectivity index (χ1) is 8.11. The molecule has 1 saturated heterocycles. The van der Waals surface area contributed by atoms with Gasteiger partial charge >= 0.3 is 0 Å². The van der Waals surface area contributed by atoms with Crippen molar-refractivity contribution in [2.45, 2.75) is 46.0 Å². The molecule has 3 heteroatoms. The Labute approximate surface area is 105 Å². The summed E-state index contributed by atoms with van der Waals surface area (Å²) in [7, 11) is 0. The molecule has 2 fully saturated rings. The second kappa shape index (κ2) is 5.38. The van der Waals surface area contributed by atoms with Gasteiger partial charge < -0.3 is 10.6 Å². The average molecular weight is 238 g/mol. The molecule has 1 saturated carbocycles. The number of hydrogen-bond donors (Lipinski definition) is 2. The largest absolute Gasteiger partial charge is 0.355 e. The average Bonchev–Trinajstić information content (AvgIpc) is 2.74. The lowest BCUT2D eigenvalue weighted by Gasteiger charge is -2.34. The van der Waals surface area contributed by atoms with Gasteiger partial charge in [-0.1, -0.05) is 20.3 Å². The quantitative estimate of drug-likeness (QED) is 0.789. The number of piperidine rings is 1. The third kappa shape index (κ3) is 3.21. The molecule has 1 aliphatic carbocycles. The van der Waals surface area contributed by atoms with Crippen molar-refractivity contribution >= 4 is 5.91 Å². The monoisotopic (exact) mass is 238 g/mol. The standard InChI is InChI=1S/C14H26N2O/c1-11-4-3-5-12(11)13(17)16-10-14(2)6-8-15-9-7-14/h11-12,15H,3-10H2,1-2H3,(H,16,17). The molecule has 17 heavy (non-hydrogen) atoms. The predicted molar refractivity (Wildman–Crippen MR) is 69.7 cm³/mol. The SMILES string of the molecule is CC1CCCC1C(=O)NCC1(C)CCNCC1. The minimum Gasteiger partial charge on any atom is -0.355 e. The van der Waals surface area contributed by atoms with Crippen LogP contribution in [0.5, 0.6) is 0 Å². The van der Waals surface area contributed by atoms with Crippen LogP contribution in [0.2, 0.25) is 0 Å². The highest BCUT2D eigenvalue weighted by molar-refractivity contribution is 5.79. The van der Waals surface area contributed by atoms with Crippen molar-refractivity contribution < 1.29 is 4.79 Å². The van der Waals surface area contributed by atoms with Gasteiger partial charge in [0, 0.05) is 12.5 Å². The van der Waals surface area contributed by atoms with Crippen molar-refractivity contribution in [1.29, 1.82) is 0 Å². The fourth-order valence-corrected chi connectivity index (χ4v) is 3.17. The zero-order valence-corrected chi connectivity index (χ0v) is 11.2. The summed E-state index contributed by atoms with van der Waals surface area (Å²) in [5, 5.41) is 6.58. The molecular weight excluding hydrogens is 212 g/mol. The molecule has 98 valence electrons. The Kier molecular flexibility index (Phi) is 4.08. The molecule has 0 spiro atoms. The van der Waals surface area contributed by atoms with Crippen molar-refractivity contribution in [1.82, 2.24) is 10.6 Å². The molecule has 0 radical (unpaired) electrons. The molecule has 2 atom stereocenters. The molecule has 0 bridgehead atoms. The molecule has 2 unspecified atom stereocenters. The van der Waals surface area contributed by atoms with E-state index in [1.54, 1.807) is 0 Å². The van der Waals surface area contributed by atoms with Crippen LogP contribution in [0.25, 0.3) is 0 Å². The molecule has 1 amide bonds. The molecule has 2 N–H and O–H groups in total. The molecule has 2 rings (SSSR count). The van der Waals surface area contributed by atoms with Crippen molar-refractivity contribution in [2.24, 2.45) is 17.3 Å². The molecule has 0 aromatic heterocycles. The van der Waals surface area contributed by atoms with Crippen LogP contribution < -0.4 is 10.6 Å². The number of rotatable bonds is 3. The normalized spacial score (nSPS) is 32.4. The van der Waals surface area contributed by atoms with E-state index < -0.39 is 0 Å². The highest BCUT2D eigenvalue weighted by Gasteiger charge is 2.32. The Morgan fingerprint density at radius 3 is 2.65 bits per heavy atom. The van der Waals surface area contributed by atoms with E-state index in [4.69, 9.17) is 0 Å². The summed E-state index contributed by atoms with van der Waals surface area (Å²) in [5.41, 5.74) is 0.308. The van der Waals surface area contributed by atoms with Crippen molar-refractivity contribution in [3.05, 3.63) is 0 Å². The number of nitrogens with one attached hydrogen (secondary N) is 2. The van der Waals surface area contributed by atoms with Gasteiger partial charge in [-0.15, -0.1) is 0 Å². The number of carbonyl (C=O) groups is 1. The fraction of sp³-hybridized carbons (Fsp3) is 0.929. The molecule has 2 aliphatic rings. The summed E-state index contributed by atoms with van der Waals surface area (Å²) in [6.45, 7) is 7.55. The van der Waals surface area contributed by atoms with Crippen LogP contribution >= 0.6 is 0 Å². The lowest BCUT2D eigenvalue weighted by atomic mass is 9.81. The summed E-state index contributed by atoms with van der Waals surface area (Å²) in [5.74, 6) is 1.16. The van der Waals surface area contributed by atoms with Crippen LogP contribution in [0.3, 0.4) is 0 Å². The van der Waals surface area contributed by atoms with Crippen molar-refractivity contribution in [3.8, 4) is 0 Å². The van der Waals surface area contributed by atoms with Gasteiger partial charge in [0.15, 0.2) is 0 Å². The van der Waals surface area contributed by atoms with Gasteiger partial charge in [-0.25, -0.2) is 0 Å². The zero-order valence-electron chi connectivity index (χ0n) is 11.2. The Morgan fingerprint density at radius 2 is 2.06 bits per heavy atom. The van der Waals surface area contributed by atoms with Gasteiger partial charge in [-0.05, 0) is 50.1 Å². The van der Waals surface area contributed by atoms with Crippen molar-refractivity contribution in [2.75, 3.05) is 19.6 Å². The third-order valence-corrected chi connectivity index (χ3v) is 4.70. The van der Waals surface area contributed by atoms with Crippen LogP contribution in [-0.4, -0.2) is 25.5 Å². The van der Waals surface area contributed by atoms with E-state index in [1.807, 2.05) is 0 Å². The van der Waals surface area contributed by atoms with Gasteiger partial charge in [-0.3, -0.25) is 4.79 Å². The highest BCUT2D eigenvalue weighted by atomic mass is 16.1. The number of carbonyl (C=O) groups excluding carboxylic acids is 1. The predicted octanol–water partition coefficient (Wildman–Crippen LogP) is 1.93. The molecule has 1 aliphatic heterocycles. The van der Waals surface area contributed by atoms with E-state index in [0.717, 1.165) is 26.1 Å². The molecule has 0 aromatic carbocycles. The minimum absolute atomic E-state index is 0.278. The van der Waals surface area contributed by atoms with Crippen molar-refractivity contribution in [3.63, 3.8) is 0 Å². The Balaban J connectivity index is 1.79. The number of hydrogen-bond acceptors (Lipinski definition) is 2. The molecule has 3 nitrogen and oxygen atoms in total. The Bertz CT molecular complexity index is 271. The first kappa shape index (κ1) is 12.9. The van der Waals surface area contributed by atoms with Crippen LogP contribution in [0.15, 0.2) is 0 Å². The van der Waals surface area contributed by atoms with Gasteiger partial charge in [0.05, 0.1) is 0 Å². The Hall–Kier alpha value is -0.570. The van der Waals surface area contributed by atoms with E-state index in [1.165, 1.54) is 25.7 Å². The summed E-state index contributed by atoms with van der Waals surface area (Å²) in [6.07, 6.45) is 5.88. The summed E-state index contributed by atoms with van der Waals surface area (Å²) >= 11 is 0. The van der Waals surface area contributed by atoms with E-state index in [0.29, 0.717) is 17.2 Å². The Morgan fingerprint density at radius 1 is 1.35 bits per heavy atom. The van der Waals surface area contributed by atoms with Gasteiger partial charge in [0.1, 0.15) is 0 Å². The third-order valence-electron chi connectivity index (χ3n) is 4.70. The van der Waals surface area contributed by atoms with Crippen LogP contribution in [0, 0.1) is 17.3 Å². The molecule has 0 aromatic rings. The maximum atomic E-state index is 12.1. The van der Waals surface area contributed by atoms with Crippen LogP contribution in [0.1, 0.15) is 46.0 Å². The van der Waals surface area contributed by atoms with E-state index in [9.17, 15) is 4.79 Å². The van der Waals surface area contributed by atoms with E-state index >= 15 is 0 Å². The second-order valence-corrected chi connectivity index (χ2v) is 6.29. The number of amides is 1. The van der Waals surface area contributed by atoms with Gasteiger partial charge in [0.2, 0.25) is 5.91 Å². The first-order valence-corrected chi connectivity index (χ1v) is 7.09. The lowest BCUT2D eigenvalue weighted by molar-refractivity contribution is -0.126. The minimum atomic E-state index is 0.278. The van der Waals surface area contributed by atoms with Gasteiger partial charge in [-0.2, -0.15) is 0 Å². The zero-order chi connectivity index (χ0) is 12.3. The first-order valence-electron chi connectivity index (χ1n) is 7.09. The van der Waals surface area contributed by atoms with Crippen LogP contribution in [-0.2, 0) is 4.79 Å². The molecule has 1 heterocycles. The summed E-state index contributed by atoms with van der Waals surface area (Å²) in [4.78, 5) is 12.1. The smallest absolute Gasteiger partial charge is 0.223 e. The maximum absolute atomic E-state index is 12.1. The molecular formula is C14H26N2O. The second-order valence-electron chi connectivity index (χ2n) is 6.29. The fourth-order valence-electron chi connectivity index (χ4n) is 3.17. The van der Waals surface area contributed by atoms with Crippen LogP contribution in [0.4, 0.5) is 0 Å². The summed E-state index contributed by atoms with van der Waals surface area (Å²) in [6, 6.07) is 0. The topological polar surface area (TPSA) is 41.1 Å². The lowest BCUT2D eigenvalue weighted by Crippen LogP contribution is -2.44. The summed E-state index contributed by atoms with van der Waals surface area (Å²) < 4.78 is 0. The van der Waals surface area contributed by atoms with E-state index in [-0.39, 0.29) is 5.92 Å². The highest BCUT2D eigenvalue weighted by Crippen LogP contribution is 2.32. The van der Waals surface area contributed by atoms with E-state index in [2.05, 4.69) is 24.5 Å². The van der Waals surface area contributed by atoms with Gasteiger partial charge in [0.25, 0.3) is 0 Å².